The number of Topliss-reactive ketones (excluding diaryl/α,β-unsaturated/α-hetero) is 1. The molecule has 0 aliphatic carbocycles. The number of rotatable bonds is 6. The summed E-state index contributed by atoms with van der Waals surface area (Å²) in [6.45, 7) is 3.78. The molecule has 0 saturated heterocycles. The first kappa shape index (κ1) is 21.6. The molecule has 3 heterocycles. The van der Waals surface area contributed by atoms with E-state index in [1.165, 1.54) is 23.0 Å². The van der Waals surface area contributed by atoms with Crippen LogP contribution in [0.4, 0.5) is 0 Å². The van der Waals surface area contributed by atoms with Crippen LogP contribution in [0.2, 0.25) is 0 Å². The molecule has 32 heavy (non-hydrogen) atoms. The van der Waals surface area contributed by atoms with Crippen molar-refractivity contribution >= 4 is 33.3 Å². The highest BCUT2D eigenvalue weighted by Crippen LogP contribution is 2.31. The largest absolute Gasteiger partial charge is 0.469 e. The number of thiophene rings is 1. The Morgan fingerprint density at radius 1 is 1.09 bits per heavy atom. The van der Waals surface area contributed by atoms with Gasteiger partial charge in [0.1, 0.15) is 16.6 Å². The van der Waals surface area contributed by atoms with E-state index in [2.05, 4.69) is 4.98 Å². The molecule has 162 valence electrons. The summed E-state index contributed by atoms with van der Waals surface area (Å²) in [5.74, 6) is -0.736. The van der Waals surface area contributed by atoms with Crippen molar-refractivity contribution in [2.75, 3.05) is 7.11 Å². The Bertz CT molecular complexity index is 1360. The highest BCUT2D eigenvalue weighted by atomic mass is 32.1. The predicted octanol–water partition coefficient (Wildman–Crippen LogP) is 4.12. The number of benzene rings is 1. The quantitative estimate of drug-likeness (QED) is 0.326. The number of hydrogen-bond donors (Lipinski definition) is 0. The van der Waals surface area contributed by atoms with Crippen molar-refractivity contribution < 1.29 is 14.3 Å². The second-order valence-electron chi connectivity index (χ2n) is 7.32. The first-order chi connectivity index (χ1) is 15.4. The Hall–Kier alpha value is -3.65. The molecule has 0 fully saturated rings. The molecular formula is C24H21N3O4S. The molecule has 1 atom stereocenters. The zero-order valence-corrected chi connectivity index (χ0v) is 18.7. The van der Waals surface area contributed by atoms with Gasteiger partial charge in [0.2, 0.25) is 0 Å². The number of aryl methyl sites for hydroxylation is 2. The van der Waals surface area contributed by atoms with Gasteiger partial charge in [0.15, 0.2) is 11.6 Å². The molecule has 0 aliphatic rings. The zero-order valence-electron chi connectivity index (χ0n) is 17.9. The molecule has 7 nitrogen and oxygen atoms in total. The van der Waals surface area contributed by atoms with Crippen LogP contribution in [0.1, 0.15) is 33.3 Å². The third-order valence-corrected chi connectivity index (χ3v) is 6.49. The van der Waals surface area contributed by atoms with Crippen LogP contribution in [0.25, 0.3) is 21.7 Å². The number of methoxy groups -OCH3 is 1. The van der Waals surface area contributed by atoms with Gasteiger partial charge >= 0.3 is 5.97 Å². The van der Waals surface area contributed by atoms with E-state index < -0.39 is 12.0 Å². The van der Waals surface area contributed by atoms with Gasteiger partial charge in [0.05, 0.1) is 18.9 Å². The van der Waals surface area contributed by atoms with Crippen molar-refractivity contribution in [3.05, 3.63) is 81.1 Å². The van der Waals surface area contributed by atoms with E-state index in [9.17, 15) is 14.4 Å². The Labute approximate surface area is 188 Å². The van der Waals surface area contributed by atoms with Crippen LogP contribution >= 0.6 is 11.3 Å². The minimum absolute atomic E-state index is 0.238. The molecule has 4 rings (SSSR count). The normalized spacial score (nSPS) is 12.0. The van der Waals surface area contributed by atoms with E-state index in [-0.39, 0.29) is 23.6 Å². The lowest BCUT2D eigenvalue weighted by Crippen LogP contribution is -2.34. The maximum absolute atomic E-state index is 13.8. The third-order valence-electron chi connectivity index (χ3n) is 5.39. The maximum Gasteiger partial charge on any atom is 0.308 e. The minimum Gasteiger partial charge on any atom is -0.469 e. The summed E-state index contributed by atoms with van der Waals surface area (Å²) in [6.07, 6.45) is 1.29. The fourth-order valence-electron chi connectivity index (χ4n) is 3.61. The zero-order chi connectivity index (χ0) is 22.8. The summed E-state index contributed by atoms with van der Waals surface area (Å²) in [5.41, 5.74) is 1.26. The lowest BCUT2D eigenvalue weighted by atomic mass is 10.0. The monoisotopic (exact) mass is 447 g/mol. The van der Waals surface area contributed by atoms with Crippen molar-refractivity contribution in [3.63, 3.8) is 0 Å². The summed E-state index contributed by atoms with van der Waals surface area (Å²) < 4.78 is 6.15. The van der Waals surface area contributed by atoms with Crippen LogP contribution in [0.3, 0.4) is 0 Å². The molecule has 8 heteroatoms. The van der Waals surface area contributed by atoms with E-state index in [4.69, 9.17) is 9.72 Å². The first-order valence-electron chi connectivity index (χ1n) is 10.0. The van der Waals surface area contributed by atoms with Crippen molar-refractivity contribution in [1.82, 2.24) is 14.5 Å². The van der Waals surface area contributed by atoms with E-state index in [0.29, 0.717) is 21.5 Å². The summed E-state index contributed by atoms with van der Waals surface area (Å²) in [6, 6.07) is 12.7. The van der Waals surface area contributed by atoms with Crippen molar-refractivity contribution in [1.29, 1.82) is 0 Å². The fourth-order valence-corrected chi connectivity index (χ4v) is 4.63. The number of esters is 1. The Morgan fingerprint density at radius 3 is 2.47 bits per heavy atom. The van der Waals surface area contributed by atoms with Gasteiger partial charge in [-0.2, -0.15) is 0 Å². The van der Waals surface area contributed by atoms with Gasteiger partial charge in [-0.25, -0.2) is 4.98 Å². The molecule has 0 aliphatic heterocycles. The number of carbonyl (C=O) groups is 2. The molecule has 0 bridgehead atoms. The van der Waals surface area contributed by atoms with Crippen LogP contribution in [0, 0.1) is 13.8 Å². The average molecular weight is 448 g/mol. The third kappa shape index (κ3) is 3.85. The highest BCUT2D eigenvalue weighted by Gasteiger charge is 2.31. The van der Waals surface area contributed by atoms with Gasteiger partial charge in [-0.3, -0.25) is 23.9 Å². The smallest absolute Gasteiger partial charge is 0.308 e. The molecule has 0 saturated carbocycles. The SMILES string of the molecule is COC(=O)CC(C(=O)c1ccccc1)n1c(-c2ccccn2)nc2sc(C)c(C)c2c1=O. The van der Waals surface area contributed by atoms with Crippen molar-refractivity contribution in [2.24, 2.45) is 0 Å². The Balaban J connectivity index is 2.04. The van der Waals surface area contributed by atoms with Gasteiger partial charge in [-0.15, -0.1) is 11.3 Å². The minimum atomic E-state index is -1.13. The van der Waals surface area contributed by atoms with Gasteiger partial charge < -0.3 is 4.74 Å². The lowest BCUT2D eigenvalue weighted by molar-refractivity contribution is -0.141. The lowest BCUT2D eigenvalue weighted by Gasteiger charge is -2.21. The molecule has 1 unspecified atom stereocenters. The van der Waals surface area contributed by atoms with E-state index in [1.54, 1.807) is 54.7 Å². The number of ether oxygens (including phenoxy) is 1. The molecule has 0 amide bonds. The van der Waals surface area contributed by atoms with E-state index >= 15 is 0 Å². The van der Waals surface area contributed by atoms with Gasteiger partial charge in [-0.05, 0) is 31.5 Å². The summed E-state index contributed by atoms with van der Waals surface area (Å²) in [5, 5.41) is 0.447. The molecular weight excluding hydrogens is 426 g/mol. The number of hydrogen-bond acceptors (Lipinski definition) is 7. The van der Waals surface area contributed by atoms with Crippen molar-refractivity contribution in [3.8, 4) is 11.5 Å². The topological polar surface area (TPSA) is 91.2 Å². The Kier molecular flexibility index (Phi) is 5.96. The fraction of sp³-hybridized carbons (Fsp3) is 0.208. The van der Waals surface area contributed by atoms with E-state index in [1.807, 2.05) is 13.8 Å². The predicted molar refractivity (Wildman–Crippen MR) is 123 cm³/mol. The Morgan fingerprint density at radius 2 is 1.81 bits per heavy atom. The molecule has 4 aromatic rings. The highest BCUT2D eigenvalue weighted by molar-refractivity contribution is 7.18. The summed E-state index contributed by atoms with van der Waals surface area (Å²) in [4.78, 5) is 50.3. The second-order valence-corrected chi connectivity index (χ2v) is 8.52. The second kappa shape index (κ2) is 8.84. The number of carbonyl (C=O) groups excluding carboxylic acids is 2. The molecule has 0 N–H and O–H groups in total. The average Bonchev–Trinajstić information content (AvgIpc) is 3.11. The van der Waals surface area contributed by atoms with Crippen LogP contribution in [-0.4, -0.2) is 33.4 Å². The molecule has 3 aromatic heterocycles. The summed E-state index contributed by atoms with van der Waals surface area (Å²) in [7, 11) is 1.25. The first-order valence-corrected chi connectivity index (χ1v) is 10.8. The van der Waals surface area contributed by atoms with Crippen LogP contribution in [-0.2, 0) is 9.53 Å². The molecule has 1 aromatic carbocycles. The standard InChI is InChI=1S/C24H21N3O4S/c1-14-15(2)32-23-20(14)24(30)27(22(26-23)17-11-7-8-12-25-17)18(13-19(28)31-3)21(29)16-9-5-4-6-10-16/h4-12,18H,13H2,1-3H3. The van der Waals surface area contributed by atoms with Crippen LogP contribution < -0.4 is 5.56 Å². The number of aromatic nitrogens is 3. The van der Waals surface area contributed by atoms with Gasteiger partial charge in [0, 0.05) is 16.6 Å². The molecule has 0 radical (unpaired) electrons. The molecule has 0 spiro atoms. The van der Waals surface area contributed by atoms with Gasteiger partial charge in [0.25, 0.3) is 5.56 Å². The van der Waals surface area contributed by atoms with Crippen molar-refractivity contribution in [2.45, 2.75) is 26.3 Å². The van der Waals surface area contributed by atoms with Gasteiger partial charge in [-0.1, -0.05) is 36.4 Å². The van der Waals surface area contributed by atoms with Crippen LogP contribution in [0.5, 0.6) is 0 Å². The summed E-state index contributed by atoms with van der Waals surface area (Å²) >= 11 is 1.42. The van der Waals surface area contributed by atoms with E-state index in [0.717, 1.165) is 10.4 Å². The number of nitrogens with zero attached hydrogens (tertiary/aromatic N) is 3. The number of pyridine rings is 1. The van der Waals surface area contributed by atoms with Crippen LogP contribution in [0.15, 0.2) is 59.5 Å². The number of ketones is 1. The maximum atomic E-state index is 13.8. The number of fused-ring (bicyclic) bond motifs is 1.